The first-order chi connectivity index (χ1) is 6.66. The summed E-state index contributed by atoms with van der Waals surface area (Å²) < 4.78 is 0. The average molecular weight is 210 g/mol. The van der Waals surface area contributed by atoms with E-state index in [2.05, 4.69) is 31.1 Å². The zero-order valence-electron chi connectivity index (χ0n) is 9.13. The summed E-state index contributed by atoms with van der Waals surface area (Å²) in [4.78, 5) is 6.05. The van der Waals surface area contributed by atoms with Crippen molar-refractivity contribution in [3.63, 3.8) is 0 Å². The quantitative estimate of drug-likeness (QED) is 0.826. The predicted octanol–water partition coefficient (Wildman–Crippen LogP) is 2.83. The summed E-state index contributed by atoms with van der Waals surface area (Å²) >= 11 is 1.84. The lowest BCUT2D eigenvalue weighted by atomic mass is 10.1. The Labute approximate surface area is 89.8 Å². The van der Waals surface area contributed by atoms with E-state index >= 15 is 0 Å². The third-order valence-corrected chi connectivity index (χ3v) is 3.53. The minimum Gasteiger partial charge on any atom is -0.308 e. The SMILES string of the molecule is Cc1sc(CNC2CC2)nc1C(C)C. The minimum absolute atomic E-state index is 0.556. The summed E-state index contributed by atoms with van der Waals surface area (Å²) in [5.41, 5.74) is 1.28. The highest BCUT2D eigenvalue weighted by molar-refractivity contribution is 7.11. The Bertz CT molecular complexity index is 313. The number of nitrogens with one attached hydrogen (secondary N) is 1. The Kier molecular flexibility index (Phi) is 2.88. The van der Waals surface area contributed by atoms with Gasteiger partial charge in [0.05, 0.1) is 5.69 Å². The van der Waals surface area contributed by atoms with E-state index < -0.39 is 0 Å². The van der Waals surface area contributed by atoms with Crippen molar-refractivity contribution >= 4 is 11.3 Å². The zero-order chi connectivity index (χ0) is 10.1. The van der Waals surface area contributed by atoms with Crippen LogP contribution in [0.3, 0.4) is 0 Å². The molecule has 0 radical (unpaired) electrons. The molecule has 1 aromatic heterocycles. The molecule has 14 heavy (non-hydrogen) atoms. The molecule has 1 aliphatic rings. The molecule has 1 aliphatic carbocycles. The van der Waals surface area contributed by atoms with E-state index in [1.165, 1.54) is 28.4 Å². The fourth-order valence-electron chi connectivity index (χ4n) is 1.60. The number of rotatable bonds is 4. The van der Waals surface area contributed by atoms with Crippen LogP contribution in [0.25, 0.3) is 0 Å². The molecule has 0 amide bonds. The number of nitrogens with zero attached hydrogens (tertiary/aromatic N) is 1. The van der Waals surface area contributed by atoms with Crippen LogP contribution in [0.4, 0.5) is 0 Å². The summed E-state index contributed by atoms with van der Waals surface area (Å²) in [6, 6.07) is 0.779. The standard InChI is InChI=1S/C11H18N2S/c1-7(2)11-8(3)14-10(13-11)6-12-9-4-5-9/h7,9,12H,4-6H2,1-3H3. The van der Waals surface area contributed by atoms with Gasteiger partial charge in [-0.1, -0.05) is 13.8 Å². The van der Waals surface area contributed by atoms with Crippen LogP contribution < -0.4 is 5.32 Å². The summed E-state index contributed by atoms with van der Waals surface area (Å²) in [6.45, 7) is 7.55. The molecule has 1 saturated carbocycles. The molecular weight excluding hydrogens is 192 g/mol. The first kappa shape index (κ1) is 10.1. The van der Waals surface area contributed by atoms with Crippen LogP contribution in [0, 0.1) is 6.92 Å². The van der Waals surface area contributed by atoms with Crippen LogP contribution in [-0.2, 0) is 6.54 Å². The van der Waals surface area contributed by atoms with E-state index in [4.69, 9.17) is 0 Å². The molecular formula is C11H18N2S. The molecule has 3 heteroatoms. The van der Waals surface area contributed by atoms with Gasteiger partial charge in [0.2, 0.25) is 0 Å². The lowest BCUT2D eigenvalue weighted by Gasteiger charge is -2.00. The average Bonchev–Trinajstić information content (AvgIpc) is 2.86. The van der Waals surface area contributed by atoms with E-state index in [-0.39, 0.29) is 0 Å². The van der Waals surface area contributed by atoms with Crippen LogP contribution in [0.2, 0.25) is 0 Å². The summed E-state index contributed by atoms with van der Waals surface area (Å²) in [5, 5.41) is 4.75. The van der Waals surface area contributed by atoms with Crippen molar-refractivity contribution < 1.29 is 0 Å². The van der Waals surface area contributed by atoms with Gasteiger partial charge in [-0.05, 0) is 25.7 Å². The van der Waals surface area contributed by atoms with E-state index in [0.717, 1.165) is 12.6 Å². The molecule has 0 saturated heterocycles. The third kappa shape index (κ3) is 2.34. The van der Waals surface area contributed by atoms with Crippen LogP contribution >= 0.6 is 11.3 Å². The van der Waals surface area contributed by atoms with Gasteiger partial charge < -0.3 is 5.32 Å². The molecule has 0 spiro atoms. The molecule has 0 unspecified atom stereocenters. The Hall–Kier alpha value is -0.410. The fourth-order valence-corrected chi connectivity index (χ4v) is 2.63. The van der Waals surface area contributed by atoms with E-state index in [9.17, 15) is 0 Å². The van der Waals surface area contributed by atoms with Gasteiger partial charge in [-0.2, -0.15) is 0 Å². The molecule has 78 valence electrons. The second-order valence-electron chi connectivity index (χ2n) is 4.36. The molecule has 1 aromatic rings. The predicted molar refractivity (Wildman–Crippen MR) is 60.8 cm³/mol. The first-order valence-corrected chi connectivity index (χ1v) is 6.18. The second-order valence-corrected chi connectivity index (χ2v) is 5.65. The third-order valence-electron chi connectivity index (χ3n) is 2.54. The fraction of sp³-hybridized carbons (Fsp3) is 0.727. The second kappa shape index (κ2) is 3.99. The Morgan fingerprint density at radius 3 is 2.71 bits per heavy atom. The van der Waals surface area contributed by atoms with Crippen molar-refractivity contribution in [1.82, 2.24) is 10.3 Å². The maximum absolute atomic E-state index is 4.67. The van der Waals surface area contributed by atoms with E-state index in [0.29, 0.717) is 5.92 Å². The largest absolute Gasteiger partial charge is 0.308 e. The Morgan fingerprint density at radius 1 is 1.50 bits per heavy atom. The topological polar surface area (TPSA) is 24.9 Å². The maximum Gasteiger partial charge on any atom is 0.107 e. The van der Waals surface area contributed by atoms with Gasteiger partial charge >= 0.3 is 0 Å². The van der Waals surface area contributed by atoms with Crippen molar-refractivity contribution in [2.45, 2.75) is 52.1 Å². The van der Waals surface area contributed by atoms with Gasteiger partial charge in [-0.25, -0.2) is 4.98 Å². The van der Waals surface area contributed by atoms with Crippen molar-refractivity contribution in [3.05, 3.63) is 15.6 Å². The van der Waals surface area contributed by atoms with Crippen molar-refractivity contribution in [2.75, 3.05) is 0 Å². The van der Waals surface area contributed by atoms with Crippen LogP contribution in [0.5, 0.6) is 0 Å². The van der Waals surface area contributed by atoms with Gasteiger partial charge in [0.1, 0.15) is 5.01 Å². The van der Waals surface area contributed by atoms with E-state index in [1.807, 2.05) is 11.3 Å². The highest BCUT2D eigenvalue weighted by Crippen LogP contribution is 2.25. The van der Waals surface area contributed by atoms with Gasteiger partial charge in [0, 0.05) is 17.5 Å². The molecule has 0 atom stereocenters. The van der Waals surface area contributed by atoms with Crippen molar-refractivity contribution in [2.24, 2.45) is 0 Å². The van der Waals surface area contributed by atoms with Gasteiger partial charge in [-0.3, -0.25) is 0 Å². The first-order valence-electron chi connectivity index (χ1n) is 5.36. The van der Waals surface area contributed by atoms with Crippen LogP contribution in [0.1, 0.15) is 48.2 Å². The van der Waals surface area contributed by atoms with Gasteiger partial charge in [-0.15, -0.1) is 11.3 Å². The van der Waals surface area contributed by atoms with E-state index in [1.54, 1.807) is 0 Å². The lowest BCUT2D eigenvalue weighted by Crippen LogP contribution is -2.15. The lowest BCUT2D eigenvalue weighted by molar-refractivity contribution is 0.679. The monoisotopic (exact) mass is 210 g/mol. The number of hydrogen-bond donors (Lipinski definition) is 1. The Morgan fingerprint density at radius 2 is 2.21 bits per heavy atom. The number of hydrogen-bond acceptors (Lipinski definition) is 3. The number of thiazole rings is 1. The highest BCUT2D eigenvalue weighted by Gasteiger charge is 2.21. The molecule has 1 N–H and O–H groups in total. The van der Waals surface area contributed by atoms with Gasteiger partial charge in [0.15, 0.2) is 0 Å². The number of aryl methyl sites for hydroxylation is 1. The summed E-state index contributed by atoms with van der Waals surface area (Å²) in [7, 11) is 0. The van der Waals surface area contributed by atoms with Gasteiger partial charge in [0.25, 0.3) is 0 Å². The molecule has 1 fully saturated rings. The van der Waals surface area contributed by atoms with Crippen LogP contribution in [-0.4, -0.2) is 11.0 Å². The highest BCUT2D eigenvalue weighted by atomic mass is 32.1. The zero-order valence-corrected chi connectivity index (χ0v) is 9.95. The molecule has 2 rings (SSSR count). The maximum atomic E-state index is 4.67. The Balaban J connectivity index is 1.99. The van der Waals surface area contributed by atoms with Crippen LogP contribution in [0.15, 0.2) is 0 Å². The smallest absolute Gasteiger partial charge is 0.107 e. The minimum atomic E-state index is 0.556. The van der Waals surface area contributed by atoms with Crippen molar-refractivity contribution in [3.8, 4) is 0 Å². The summed E-state index contributed by atoms with van der Waals surface area (Å²) in [6.07, 6.45) is 2.70. The molecule has 0 aliphatic heterocycles. The molecule has 2 nitrogen and oxygen atoms in total. The molecule has 1 heterocycles. The molecule has 0 bridgehead atoms. The molecule has 0 aromatic carbocycles. The summed E-state index contributed by atoms with van der Waals surface area (Å²) in [5.74, 6) is 0.556. The normalized spacial score (nSPS) is 16.6. The number of aromatic nitrogens is 1. The van der Waals surface area contributed by atoms with Crippen molar-refractivity contribution in [1.29, 1.82) is 0 Å².